The number of hydrogen-bond acceptors (Lipinski definition) is 3. The Kier molecular flexibility index (Phi) is 9.16. The van der Waals surface area contributed by atoms with E-state index in [0.717, 1.165) is 25.0 Å². The van der Waals surface area contributed by atoms with Crippen LogP contribution in [0.25, 0.3) is 0 Å². The summed E-state index contributed by atoms with van der Waals surface area (Å²) >= 11 is 1.63. The molecule has 4 heteroatoms. The van der Waals surface area contributed by atoms with Crippen molar-refractivity contribution >= 4 is 17.7 Å². The second-order valence-electron chi connectivity index (χ2n) is 4.95. The summed E-state index contributed by atoms with van der Waals surface area (Å²) in [6.07, 6.45) is 2.91. The van der Waals surface area contributed by atoms with Crippen molar-refractivity contribution in [3.8, 4) is 0 Å². The lowest BCUT2D eigenvalue weighted by molar-refractivity contribution is -0.118. The monoisotopic (exact) mass is 295 g/mol. The molecule has 0 bridgehead atoms. The molecule has 0 aliphatic carbocycles. The van der Waals surface area contributed by atoms with Gasteiger partial charge in [0, 0.05) is 18.9 Å². The molecule has 1 aromatic rings. The van der Waals surface area contributed by atoms with E-state index in [2.05, 4.69) is 24.4 Å². The van der Waals surface area contributed by atoms with Crippen LogP contribution >= 0.6 is 11.8 Å². The number of aliphatic hydroxyl groups is 1. The summed E-state index contributed by atoms with van der Waals surface area (Å²) in [5.41, 5.74) is 1.24. The summed E-state index contributed by atoms with van der Waals surface area (Å²) in [5.74, 6) is 1.84. The Bertz CT molecular complexity index is 364. The van der Waals surface area contributed by atoms with Crippen LogP contribution in [0, 0.1) is 5.92 Å². The van der Waals surface area contributed by atoms with Crippen molar-refractivity contribution < 1.29 is 9.90 Å². The number of benzene rings is 1. The van der Waals surface area contributed by atoms with Gasteiger partial charge in [-0.3, -0.25) is 4.79 Å². The normalized spacial score (nSPS) is 12.1. The Balaban J connectivity index is 2.16. The van der Waals surface area contributed by atoms with Crippen molar-refractivity contribution in [1.29, 1.82) is 0 Å². The summed E-state index contributed by atoms with van der Waals surface area (Å²) in [6.45, 7) is 3.00. The van der Waals surface area contributed by atoms with E-state index in [4.69, 9.17) is 5.11 Å². The first-order chi connectivity index (χ1) is 9.76. The molecule has 1 unspecified atom stereocenters. The van der Waals surface area contributed by atoms with Gasteiger partial charge in [-0.15, -0.1) is 11.8 Å². The lowest BCUT2D eigenvalue weighted by Gasteiger charge is -2.15. The number of rotatable bonds is 10. The highest BCUT2D eigenvalue weighted by Gasteiger charge is 2.09. The number of hydrogen-bond donors (Lipinski definition) is 2. The molecule has 20 heavy (non-hydrogen) atoms. The molecule has 1 atom stereocenters. The lowest BCUT2D eigenvalue weighted by atomic mass is 10.0. The first kappa shape index (κ1) is 17.1. The topological polar surface area (TPSA) is 49.3 Å². The van der Waals surface area contributed by atoms with Crippen molar-refractivity contribution in [2.75, 3.05) is 18.9 Å². The third-order valence-corrected chi connectivity index (χ3v) is 4.17. The SMILES string of the molecule is CCCC(CCO)CNC(=O)CSCc1ccccc1. The number of carbonyl (C=O) groups excluding carboxylic acids is 1. The lowest BCUT2D eigenvalue weighted by Crippen LogP contribution is -2.31. The average Bonchev–Trinajstić information content (AvgIpc) is 2.46. The molecule has 0 fully saturated rings. The van der Waals surface area contributed by atoms with E-state index in [0.29, 0.717) is 18.2 Å². The minimum atomic E-state index is 0.0879. The van der Waals surface area contributed by atoms with Gasteiger partial charge < -0.3 is 10.4 Å². The van der Waals surface area contributed by atoms with Crippen LogP contribution in [0.4, 0.5) is 0 Å². The van der Waals surface area contributed by atoms with E-state index < -0.39 is 0 Å². The predicted octanol–water partition coefficient (Wildman–Crippen LogP) is 2.83. The molecule has 0 saturated carbocycles. The number of thioether (sulfide) groups is 1. The van der Waals surface area contributed by atoms with E-state index in [1.807, 2.05) is 18.2 Å². The van der Waals surface area contributed by atoms with Crippen molar-refractivity contribution in [2.24, 2.45) is 5.92 Å². The molecule has 112 valence electrons. The van der Waals surface area contributed by atoms with Crippen molar-refractivity contribution in [2.45, 2.75) is 31.9 Å². The molecule has 0 heterocycles. The van der Waals surface area contributed by atoms with Gasteiger partial charge in [0.05, 0.1) is 5.75 Å². The predicted molar refractivity (Wildman–Crippen MR) is 85.7 cm³/mol. The van der Waals surface area contributed by atoms with Crippen LogP contribution < -0.4 is 5.32 Å². The zero-order valence-corrected chi connectivity index (χ0v) is 13.0. The second kappa shape index (κ2) is 10.7. The zero-order chi connectivity index (χ0) is 14.6. The third-order valence-electron chi connectivity index (χ3n) is 3.17. The Morgan fingerprint density at radius 2 is 2.05 bits per heavy atom. The van der Waals surface area contributed by atoms with Crippen molar-refractivity contribution in [3.05, 3.63) is 35.9 Å². The van der Waals surface area contributed by atoms with Gasteiger partial charge in [0.15, 0.2) is 0 Å². The molecule has 0 saturated heterocycles. The molecule has 0 aliphatic rings. The molecule has 3 nitrogen and oxygen atoms in total. The van der Waals surface area contributed by atoms with Gasteiger partial charge in [-0.1, -0.05) is 43.7 Å². The largest absolute Gasteiger partial charge is 0.396 e. The van der Waals surface area contributed by atoms with Gasteiger partial charge in [-0.2, -0.15) is 0 Å². The van der Waals surface area contributed by atoms with Crippen LogP contribution in [0.15, 0.2) is 30.3 Å². The average molecular weight is 295 g/mol. The van der Waals surface area contributed by atoms with Gasteiger partial charge in [-0.05, 0) is 24.3 Å². The number of nitrogens with one attached hydrogen (secondary N) is 1. The molecule has 0 aliphatic heterocycles. The molecule has 1 rings (SSSR count). The van der Waals surface area contributed by atoms with Crippen LogP contribution in [0.1, 0.15) is 31.7 Å². The molecular formula is C16H25NO2S. The number of aliphatic hydroxyl groups excluding tert-OH is 1. The van der Waals surface area contributed by atoms with Crippen LogP contribution in [0.5, 0.6) is 0 Å². The molecular weight excluding hydrogens is 270 g/mol. The Morgan fingerprint density at radius 3 is 2.70 bits per heavy atom. The fraction of sp³-hybridized carbons (Fsp3) is 0.562. The van der Waals surface area contributed by atoms with Gasteiger partial charge >= 0.3 is 0 Å². The van der Waals surface area contributed by atoms with E-state index in [9.17, 15) is 4.79 Å². The number of carbonyl (C=O) groups is 1. The van der Waals surface area contributed by atoms with Gasteiger partial charge in [0.2, 0.25) is 5.91 Å². The van der Waals surface area contributed by atoms with Crippen molar-refractivity contribution in [1.82, 2.24) is 5.32 Å². The number of amides is 1. The summed E-state index contributed by atoms with van der Waals surface area (Å²) in [7, 11) is 0. The maximum Gasteiger partial charge on any atom is 0.230 e. The standard InChI is InChI=1S/C16H25NO2S/c1-2-6-14(9-10-18)11-17-16(19)13-20-12-15-7-4-3-5-8-15/h3-5,7-8,14,18H,2,6,9-13H2,1H3,(H,17,19). The molecule has 1 amide bonds. The maximum absolute atomic E-state index is 11.8. The van der Waals surface area contributed by atoms with Crippen LogP contribution in [-0.2, 0) is 10.5 Å². The van der Waals surface area contributed by atoms with Crippen LogP contribution in [0.3, 0.4) is 0 Å². The van der Waals surface area contributed by atoms with Crippen molar-refractivity contribution in [3.63, 3.8) is 0 Å². The summed E-state index contributed by atoms with van der Waals surface area (Å²) in [6, 6.07) is 10.2. The van der Waals surface area contributed by atoms with E-state index in [-0.39, 0.29) is 12.5 Å². The Morgan fingerprint density at radius 1 is 1.30 bits per heavy atom. The first-order valence-electron chi connectivity index (χ1n) is 7.25. The molecule has 0 aromatic heterocycles. The van der Waals surface area contributed by atoms with Crippen LogP contribution in [0.2, 0.25) is 0 Å². The minimum Gasteiger partial charge on any atom is -0.396 e. The minimum absolute atomic E-state index is 0.0879. The fourth-order valence-electron chi connectivity index (χ4n) is 2.08. The van der Waals surface area contributed by atoms with Crippen LogP contribution in [-0.4, -0.2) is 29.9 Å². The highest BCUT2D eigenvalue weighted by atomic mass is 32.2. The summed E-state index contributed by atoms with van der Waals surface area (Å²) < 4.78 is 0. The van der Waals surface area contributed by atoms with E-state index in [1.165, 1.54) is 5.56 Å². The van der Waals surface area contributed by atoms with E-state index in [1.54, 1.807) is 11.8 Å². The second-order valence-corrected chi connectivity index (χ2v) is 5.94. The zero-order valence-electron chi connectivity index (χ0n) is 12.2. The fourth-order valence-corrected chi connectivity index (χ4v) is 2.90. The third kappa shape index (κ3) is 7.56. The summed E-state index contributed by atoms with van der Waals surface area (Å²) in [4.78, 5) is 11.8. The highest BCUT2D eigenvalue weighted by molar-refractivity contribution is 7.99. The first-order valence-corrected chi connectivity index (χ1v) is 8.41. The Labute approximate surface area is 126 Å². The van der Waals surface area contributed by atoms with Gasteiger partial charge in [0.25, 0.3) is 0 Å². The smallest absolute Gasteiger partial charge is 0.230 e. The molecule has 0 radical (unpaired) electrons. The van der Waals surface area contributed by atoms with Gasteiger partial charge in [-0.25, -0.2) is 0 Å². The quantitative estimate of drug-likeness (QED) is 0.698. The van der Waals surface area contributed by atoms with Gasteiger partial charge in [0.1, 0.15) is 0 Å². The highest BCUT2D eigenvalue weighted by Crippen LogP contribution is 2.12. The maximum atomic E-state index is 11.8. The molecule has 0 spiro atoms. The summed E-state index contributed by atoms with van der Waals surface area (Å²) in [5, 5.41) is 11.9. The van der Waals surface area contributed by atoms with E-state index >= 15 is 0 Å². The molecule has 1 aromatic carbocycles. The Hall–Kier alpha value is -1.00. The molecule has 2 N–H and O–H groups in total.